The van der Waals surface area contributed by atoms with Gasteiger partial charge in [-0.1, -0.05) is 0 Å². The summed E-state index contributed by atoms with van der Waals surface area (Å²) in [5.41, 5.74) is 0. The van der Waals surface area contributed by atoms with Gasteiger partial charge in [-0.15, -0.1) is 0 Å². The third kappa shape index (κ3) is 0.867. The number of hydrogen-bond donors (Lipinski definition) is 0. The standard InChI is InChI=1S/C8H17N2/c1-9-4-6-10(2)5-3-8(9)7-10/h8H,3-7H2,1-2H3/q+1. The van der Waals surface area contributed by atoms with Crippen molar-refractivity contribution in [1.29, 1.82) is 0 Å². The maximum Gasteiger partial charge on any atom is 0.0945 e. The van der Waals surface area contributed by atoms with Crippen LogP contribution in [0.1, 0.15) is 6.42 Å². The number of rotatable bonds is 0. The molecule has 2 nitrogen and oxygen atoms in total. The number of likely N-dealkylation sites (N-methyl/N-ethyl adjacent to an activating group) is 2. The van der Waals surface area contributed by atoms with Crippen LogP contribution in [0.25, 0.3) is 0 Å². The van der Waals surface area contributed by atoms with Crippen LogP contribution in [-0.4, -0.2) is 55.7 Å². The highest BCUT2D eigenvalue weighted by molar-refractivity contribution is 4.78. The molecule has 2 heteroatoms. The van der Waals surface area contributed by atoms with Crippen molar-refractivity contribution in [3.8, 4) is 0 Å². The fourth-order valence-electron chi connectivity index (χ4n) is 2.30. The molecule has 0 radical (unpaired) electrons. The van der Waals surface area contributed by atoms with Gasteiger partial charge in [0.25, 0.3) is 0 Å². The minimum atomic E-state index is 0.902. The monoisotopic (exact) mass is 141 g/mol. The summed E-state index contributed by atoms with van der Waals surface area (Å²) in [5, 5.41) is 0. The van der Waals surface area contributed by atoms with Gasteiger partial charge in [-0.25, -0.2) is 0 Å². The Hall–Kier alpha value is -0.0800. The Morgan fingerprint density at radius 1 is 1.40 bits per heavy atom. The van der Waals surface area contributed by atoms with Crippen molar-refractivity contribution >= 4 is 0 Å². The van der Waals surface area contributed by atoms with Gasteiger partial charge in [-0.05, 0) is 7.05 Å². The molecular formula is C8H17N2+. The SMILES string of the molecule is CN1CC[N+]2(C)CCC1C2. The maximum absolute atomic E-state index is 2.52. The molecule has 2 aliphatic rings. The van der Waals surface area contributed by atoms with Crippen LogP contribution in [0, 0.1) is 0 Å². The molecular weight excluding hydrogens is 124 g/mol. The Kier molecular flexibility index (Phi) is 1.29. The smallest absolute Gasteiger partial charge is 0.0945 e. The molecule has 0 N–H and O–H groups in total. The maximum atomic E-state index is 2.52. The zero-order valence-electron chi connectivity index (χ0n) is 7.01. The van der Waals surface area contributed by atoms with Crippen LogP contribution in [0.3, 0.4) is 0 Å². The van der Waals surface area contributed by atoms with Crippen LogP contribution in [0.15, 0.2) is 0 Å². The summed E-state index contributed by atoms with van der Waals surface area (Å²) in [5.74, 6) is 0. The second-order valence-electron chi connectivity index (χ2n) is 4.17. The molecule has 0 aromatic carbocycles. The molecule has 0 spiro atoms. The largest absolute Gasteiger partial charge is 0.324 e. The van der Waals surface area contributed by atoms with Crippen molar-refractivity contribution in [1.82, 2.24) is 4.90 Å². The minimum Gasteiger partial charge on any atom is -0.324 e. The van der Waals surface area contributed by atoms with E-state index in [1.165, 1.54) is 37.1 Å². The zero-order valence-corrected chi connectivity index (χ0v) is 7.01. The molecule has 58 valence electrons. The minimum absolute atomic E-state index is 0.902. The Labute approximate surface area is 63.0 Å². The van der Waals surface area contributed by atoms with E-state index in [4.69, 9.17) is 0 Å². The second-order valence-corrected chi connectivity index (χ2v) is 4.17. The van der Waals surface area contributed by atoms with Crippen molar-refractivity contribution in [2.45, 2.75) is 12.5 Å². The zero-order chi connectivity index (χ0) is 7.19. The summed E-state index contributed by atoms with van der Waals surface area (Å²) in [7, 11) is 4.66. The average molecular weight is 141 g/mol. The molecule has 0 aromatic rings. The van der Waals surface area contributed by atoms with E-state index >= 15 is 0 Å². The molecule has 2 bridgehead atoms. The summed E-state index contributed by atoms with van der Waals surface area (Å²) in [6, 6.07) is 0.902. The number of fused-ring (bicyclic) bond motifs is 2. The molecule has 0 aliphatic carbocycles. The summed E-state index contributed by atoms with van der Waals surface area (Å²) in [6.07, 6.45) is 1.42. The Balaban J connectivity index is 2.12. The van der Waals surface area contributed by atoms with Crippen LogP contribution >= 0.6 is 0 Å². The lowest BCUT2D eigenvalue weighted by molar-refractivity contribution is -0.901. The second kappa shape index (κ2) is 1.95. The number of nitrogens with zero attached hydrogens (tertiary/aromatic N) is 2. The molecule has 2 saturated heterocycles. The normalized spacial score (nSPS) is 48.0. The molecule has 2 atom stereocenters. The third-order valence-corrected chi connectivity index (χ3v) is 3.27. The van der Waals surface area contributed by atoms with E-state index in [0.29, 0.717) is 0 Å². The first-order valence-electron chi connectivity index (χ1n) is 4.23. The van der Waals surface area contributed by atoms with Crippen molar-refractivity contribution in [3.63, 3.8) is 0 Å². The number of hydrogen-bond acceptors (Lipinski definition) is 1. The summed E-state index contributed by atoms with van der Waals surface area (Å²) >= 11 is 0. The molecule has 0 amide bonds. The lowest BCUT2D eigenvalue weighted by Crippen LogP contribution is -2.53. The van der Waals surface area contributed by atoms with E-state index in [2.05, 4.69) is 19.0 Å². The molecule has 0 saturated carbocycles. The Morgan fingerprint density at radius 2 is 2.20 bits per heavy atom. The van der Waals surface area contributed by atoms with Crippen molar-refractivity contribution < 1.29 is 4.48 Å². The quantitative estimate of drug-likeness (QED) is 0.434. The fourth-order valence-corrected chi connectivity index (χ4v) is 2.30. The number of quaternary nitrogens is 1. The Morgan fingerprint density at radius 3 is 2.90 bits per heavy atom. The van der Waals surface area contributed by atoms with E-state index in [1.54, 1.807) is 0 Å². The summed E-state index contributed by atoms with van der Waals surface area (Å²) in [4.78, 5) is 2.52. The predicted molar refractivity (Wildman–Crippen MR) is 41.8 cm³/mol. The van der Waals surface area contributed by atoms with Crippen LogP contribution in [0.5, 0.6) is 0 Å². The first-order valence-corrected chi connectivity index (χ1v) is 4.23. The molecule has 2 rings (SSSR count). The highest BCUT2D eigenvalue weighted by atomic mass is 15.4. The molecule has 2 unspecified atom stereocenters. The average Bonchev–Trinajstić information content (AvgIpc) is 2.23. The van der Waals surface area contributed by atoms with Gasteiger partial charge in [0.05, 0.1) is 32.7 Å². The highest BCUT2D eigenvalue weighted by Gasteiger charge is 2.40. The molecule has 10 heavy (non-hydrogen) atoms. The van der Waals surface area contributed by atoms with E-state index in [1.807, 2.05) is 0 Å². The lowest BCUT2D eigenvalue weighted by Gasteiger charge is -2.37. The van der Waals surface area contributed by atoms with E-state index in [0.717, 1.165) is 6.04 Å². The molecule has 2 fully saturated rings. The van der Waals surface area contributed by atoms with Crippen LogP contribution in [0.4, 0.5) is 0 Å². The van der Waals surface area contributed by atoms with Crippen LogP contribution in [-0.2, 0) is 0 Å². The van der Waals surface area contributed by atoms with Crippen LogP contribution < -0.4 is 0 Å². The van der Waals surface area contributed by atoms with Crippen molar-refractivity contribution in [2.75, 3.05) is 40.3 Å². The van der Waals surface area contributed by atoms with Gasteiger partial charge < -0.3 is 4.48 Å². The van der Waals surface area contributed by atoms with Crippen LogP contribution in [0.2, 0.25) is 0 Å². The highest BCUT2D eigenvalue weighted by Crippen LogP contribution is 2.24. The lowest BCUT2D eigenvalue weighted by atomic mass is 10.2. The first-order chi connectivity index (χ1) is 4.70. The van der Waals surface area contributed by atoms with E-state index in [9.17, 15) is 0 Å². The van der Waals surface area contributed by atoms with Gasteiger partial charge in [0.1, 0.15) is 0 Å². The molecule has 2 aliphatic heterocycles. The summed E-state index contributed by atoms with van der Waals surface area (Å²) in [6.45, 7) is 5.49. The van der Waals surface area contributed by atoms with Gasteiger partial charge >= 0.3 is 0 Å². The van der Waals surface area contributed by atoms with Crippen molar-refractivity contribution in [2.24, 2.45) is 0 Å². The topological polar surface area (TPSA) is 3.24 Å². The molecule has 2 heterocycles. The summed E-state index contributed by atoms with van der Waals surface area (Å²) < 4.78 is 1.34. The van der Waals surface area contributed by atoms with Gasteiger partial charge in [0.15, 0.2) is 0 Å². The number of piperazine rings is 1. The van der Waals surface area contributed by atoms with Crippen molar-refractivity contribution in [3.05, 3.63) is 0 Å². The van der Waals surface area contributed by atoms with Gasteiger partial charge in [-0.3, -0.25) is 4.90 Å². The predicted octanol–water partition coefficient (Wildman–Crippen LogP) is 0.151. The van der Waals surface area contributed by atoms with Gasteiger partial charge in [-0.2, -0.15) is 0 Å². The fraction of sp³-hybridized carbons (Fsp3) is 1.00. The first kappa shape index (κ1) is 6.62. The van der Waals surface area contributed by atoms with E-state index < -0.39 is 0 Å². The van der Waals surface area contributed by atoms with Gasteiger partial charge in [0.2, 0.25) is 0 Å². The molecule has 0 aromatic heterocycles. The van der Waals surface area contributed by atoms with E-state index in [-0.39, 0.29) is 0 Å². The third-order valence-electron chi connectivity index (χ3n) is 3.27. The van der Waals surface area contributed by atoms with Gasteiger partial charge in [0, 0.05) is 13.0 Å². The Bertz CT molecular complexity index is 146.